The molecule has 14 heavy (non-hydrogen) atoms. The van der Waals surface area contributed by atoms with E-state index < -0.39 is 5.97 Å². The molecule has 3 heteroatoms. The first kappa shape index (κ1) is 10.3. The summed E-state index contributed by atoms with van der Waals surface area (Å²) in [5.74, 6) is -0.916. The van der Waals surface area contributed by atoms with Crippen molar-refractivity contribution in [2.75, 3.05) is 11.9 Å². The first-order valence-electron chi connectivity index (χ1n) is 4.34. The SMILES string of the molecule is C=CCNc1c(C)cccc1C(=O)O. The van der Waals surface area contributed by atoms with Gasteiger partial charge in [-0.25, -0.2) is 4.79 Å². The topological polar surface area (TPSA) is 49.3 Å². The van der Waals surface area contributed by atoms with E-state index in [-0.39, 0.29) is 0 Å². The van der Waals surface area contributed by atoms with Crippen LogP contribution in [-0.4, -0.2) is 17.6 Å². The molecule has 1 aromatic rings. The van der Waals surface area contributed by atoms with Gasteiger partial charge in [0, 0.05) is 6.54 Å². The summed E-state index contributed by atoms with van der Waals surface area (Å²) in [6.45, 7) is 6.00. The van der Waals surface area contributed by atoms with Crippen molar-refractivity contribution in [3.05, 3.63) is 42.0 Å². The number of hydrogen-bond acceptors (Lipinski definition) is 2. The van der Waals surface area contributed by atoms with Crippen LogP contribution in [0.2, 0.25) is 0 Å². The Morgan fingerprint density at radius 2 is 2.36 bits per heavy atom. The normalized spacial score (nSPS) is 9.50. The molecule has 0 fully saturated rings. The van der Waals surface area contributed by atoms with E-state index in [1.165, 1.54) is 0 Å². The van der Waals surface area contributed by atoms with Crippen LogP contribution < -0.4 is 5.32 Å². The van der Waals surface area contributed by atoms with Crippen molar-refractivity contribution in [1.29, 1.82) is 0 Å². The Balaban J connectivity index is 3.08. The summed E-state index contributed by atoms with van der Waals surface area (Å²) in [4.78, 5) is 10.9. The van der Waals surface area contributed by atoms with Crippen molar-refractivity contribution in [1.82, 2.24) is 0 Å². The minimum atomic E-state index is -0.916. The van der Waals surface area contributed by atoms with Crippen LogP contribution in [0.4, 0.5) is 5.69 Å². The van der Waals surface area contributed by atoms with Gasteiger partial charge in [0.15, 0.2) is 0 Å². The molecule has 0 spiro atoms. The van der Waals surface area contributed by atoms with Crippen LogP contribution in [0.1, 0.15) is 15.9 Å². The second-order valence-corrected chi connectivity index (χ2v) is 2.97. The number of carboxylic acid groups (broad SMARTS) is 1. The second kappa shape index (κ2) is 4.46. The van der Waals surface area contributed by atoms with E-state index in [1.54, 1.807) is 18.2 Å². The Morgan fingerprint density at radius 3 is 2.93 bits per heavy atom. The van der Waals surface area contributed by atoms with E-state index in [2.05, 4.69) is 11.9 Å². The van der Waals surface area contributed by atoms with Crippen molar-refractivity contribution in [3.63, 3.8) is 0 Å². The molecule has 0 unspecified atom stereocenters. The molecule has 0 saturated heterocycles. The molecule has 0 bridgehead atoms. The lowest BCUT2D eigenvalue weighted by Gasteiger charge is -2.10. The molecule has 0 radical (unpaired) electrons. The summed E-state index contributed by atoms with van der Waals surface area (Å²) in [5, 5.41) is 11.9. The molecule has 0 aliphatic heterocycles. The summed E-state index contributed by atoms with van der Waals surface area (Å²) < 4.78 is 0. The van der Waals surface area contributed by atoms with Gasteiger partial charge >= 0.3 is 5.97 Å². The molecule has 0 aliphatic rings. The molecular weight excluding hydrogens is 178 g/mol. The summed E-state index contributed by atoms with van der Waals surface area (Å²) in [7, 11) is 0. The molecule has 1 rings (SSSR count). The summed E-state index contributed by atoms with van der Waals surface area (Å²) in [5.41, 5.74) is 1.89. The van der Waals surface area contributed by atoms with Gasteiger partial charge < -0.3 is 10.4 Å². The van der Waals surface area contributed by atoms with E-state index in [4.69, 9.17) is 5.11 Å². The molecule has 1 aromatic carbocycles. The van der Waals surface area contributed by atoms with Gasteiger partial charge in [0.05, 0.1) is 11.3 Å². The highest BCUT2D eigenvalue weighted by Crippen LogP contribution is 2.20. The lowest BCUT2D eigenvalue weighted by Crippen LogP contribution is -2.07. The number of anilines is 1. The smallest absolute Gasteiger partial charge is 0.337 e. The van der Waals surface area contributed by atoms with Crippen LogP contribution >= 0.6 is 0 Å². The number of carboxylic acids is 1. The second-order valence-electron chi connectivity index (χ2n) is 2.97. The van der Waals surface area contributed by atoms with Crippen molar-refractivity contribution in [3.8, 4) is 0 Å². The Morgan fingerprint density at radius 1 is 1.64 bits per heavy atom. The van der Waals surface area contributed by atoms with E-state index in [1.807, 2.05) is 13.0 Å². The first-order chi connectivity index (χ1) is 6.66. The number of rotatable bonds is 4. The fourth-order valence-electron chi connectivity index (χ4n) is 1.25. The number of carbonyl (C=O) groups is 1. The molecule has 0 saturated carbocycles. The van der Waals surface area contributed by atoms with Crippen molar-refractivity contribution < 1.29 is 9.90 Å². The Kier molecular flexibility index (Phi) is 3.29. The maximum absolute atomic E-state index is 10.9. The van der Waals surface area contributed by atoms with Crippen LogP contribution in [0, 0.1) is 6.92 Å². The van der Waals surface area contributed by atoms with Crippen molar-refractivity contribution in [2.45, 2.75) is 6.92 Å². The molecule has 0 amide bonds. The van der Waals surface area contributed by atoms with Crippen molar-refractivity contribution in [2.24, 2.45) is 0 Å². The Bertz CT molecular complexity index is 358. The quantitative estimate of drug-likeness (QED) is 0.718. The lowest BCUT2D eigenvalue weighted by atomic mass is 10.1. The van der Waals surface area contributed by atoms with E-state index >= 15 is 0 Å². The molecule has 3 nitrogen and oxygen atoms in total. The van der Waals surface area contributed by atoms with Crippen molar-refractivity contribution >= 4 is 11.7 Å². The van der Waals surface area contributed by atoms with Crippen LogP contribution in [0.15, 0.2) is 30.9 Å². The van der Waals surface area contributed by atoms with Gasteiger partial charge in [-0.3, -0.25) is 0 Å². The summed E-state index contributed by atoms with van der Waals surface area (Å²) in [6.07, 6.45) is 1.69. The molecule has 0 heterocycles. The third-order valence-corrected chi connectivity index (χ3v) is 1.93. The average Bonchev–Trinajstić information content (AvgIpc) is 2.15. The van der Waals surface area contributed by atoms with Crippen LogP contribution in [0.5, 0.6) is 0 Å². The number of nitrogens with one attached hydrogen (secondary N) is 1. The minimum Gasteiger partial charge on any atom is -0.478 e. The van der Waals surface area contributed by atoms with Gasteiger partial charge in [0.1, 0.15) is 0 Å². The molecule has 0 aliphatic carbocycles. The molecule has 0 atom stereocenters. The van der Waals surface area contributed by atoms with Gasteiger partial charge in [-0.15, -0.1) is 6.58 Å². The third kappa shape index (κ3) is 2.13. The molecule has 74 valence electrons. The fourth-order valence-corrected chi connectivity index (χ4v) is 1.25. The zero-order valence-electron chi connectivity index (χ0n) is 8.08. The number of hydrogen-bond donors (Lipinski definition) is 2. The Hall–Kier alpha value is -1.77. The van der Waals surface area contributed by atoms with Gasteiger partial charge in [0.25, 0.3) is 0 Å². The van der Waals surface area contributed by atoms with Crippen LogP contribution in [0.3, 0.4) is 0 Å². The van der Waals surface area contributed by atoms with E-state index in [9.17, 15) is 4.79 Å². The Labute approximate surface area is 83.1 Å². The van der Waals surface area contributed by atoms with Crippen LogP contribution in [-0.2, 0) is 0 Å². The average molecular weight is 191 g/mol. The third-order valence-electron chi connectivity index (χ3n) is 1.93. The maximum atomic E-state index is 10.9. The zero-order chi connectivity index (χ0) is 10.6. The summed E-state index contributed by atoms with van der Waals surface area (Å²) in [6, 6.07) is 5.19. The maximum Gasteiger partial charge on any atom is 0.337 e. The van der Waals surface area contributed by atoms with E-state index in [0.29, 0.717) is 17.8 Å². The molecular formula is C11H13NO2. The predicted molar refractivity (Wildman–Crippen MR) is 56.8 cm³/mol. The molecule has 0 aromatic heterocycles. The lowest BCUT2D eigenvalue weighted by molar-refractivity contribution is 0.0698. The number of para-hydroxylation sites is 1. The highest BCUT2D eigenvalue weighted by atomic mass is 16.4. The monoisotopic (exact) mass is 191 g/mol. The predicted octanol–water partition coefficient (Wildman–Crippen LogP) is 2.29. The summed E-state index contributed by atoms with van der Waals surface area (Å²) >= 11 is 0. The molecule has 2 N–H and O–H groups in total. The highest BCUT2D eigenvalue weighted by molar-refractivity contribution is 5.95. The van der Waals surface area contributed by atoms with Gasteiger partial charge in [-0.2, -0.15) is 0 Å². The van der Waals surface area contributed by atoms with E-state index in [0.717, 1.165) is 5.56 Å². The number of benzene rings is 1. The van der Waals surface area contributed by atoms with Gasteiger partial charge in [-0.05, 0) is 18.6 Å². The van der Waals surface area contributed by atoms with Crippen LogP contribution in [0.25, 0.3) is 0 Å². The highest BCUT2D eigenvalue weighted by Gasteiger charge is 2.10. The fraction of sp³-hybridized carbons (Fsp3) is 0.182. The van der Waals surface area contributed by atoms with Gasteiger partial charge in [0.2, 0.25) is 0 Å². The first-order valence-corrected chi connectivity index (χ1v) is 4.34. The number of aromatic carboxylic acids is 1. The minimum absolute atomic E-state index is 0.298. The standard InChI is InChI=1S/C11H13NO2/c1-3-7-12-10-8(2)5-4-6-9(10)11(13)14/h3-6,12H,1,7H2,2H3,(H,13,14). The van der Waals surface area contributed by atoms with Gasteiger partial charge in [-0.1, -0.05) is 18.2 Å². The zero-order valence-corrected chi connectivity index (χ0v) is 8.08. The number of aryl methyl sites for hydroxylation is 1. The largest absolute Gasteiger partial charge is 0.478 e.